The third kappa shape index (κ3) is 278. The zero-order valence-corrected chi connectivity index (χ0v) is 6.38. The second-order valence-corrected chi connectivity index (χ2v) is 3.34. The Kier molecular flexibility index (Phi) is 19.8. The molecule has 0 amide bonds. The van der Waals surface area contributed by atoms with E-state index in [4.69, 9.17) is 38.4 Å². The van der Waals surface area contributed by atoms with Crippen molar-refractivity contribution in [3.05, 3.63) is 0 Å². The Morgan fingerprint density at radius 1 is 0.917 bits per heavy atom. The van der Waals surface area contributed by atoms with Gasteiger partial charge in [0.25, 0.3) is 0 Å². The van der Waals surface area contributed by atoms with Gasteiger partial charge in [-0.3, -0.25) is 0 Å². The van der Waals surface area contributed by atoms with E-state index in [1.165, 1.54) is 0 Å². The molecule has 0 aromatic rings. The van der Waals surface area contributed by atoms with Crippen molar-refractivity contribution in [1.82, 2.24) is 0 Å². The van der Waals surface area contributed by atoms with Crippen LogP contribution in [-0.4, -0.2) is 111 Å². The van der Waals surface area contributed by atoms with Crippen molar-refractivity contribution >= 4 is 85.4 Å². The van der Waals surface area contributed by atoms with Gasteiger partial charge in [0.2, 0.25) is 0 Å². The van der Waals surface area contributed by atoms with Crippen LogP contribution < -0.4 is 0 Å². The third-order valence-electron chi connectivity index (χ3n) is 0. The van der Waals surface area contributed by atoms with Crippen LogP contribution in [0.25, 0.3) is 0 Å². The predicted octanol–water partition coefficient (Wildman–Crippen LogP) is -5.37. The van der Waals surface area contributed by atoms with E-state index < -0.39 is 16.9 Å². The Balaban J connectivity index is -0.0000000457. The van der Waals surface area contributed by atoms with Crippen LogP contribution in [0.1, 0.15) is 0 Å². The SMILES string of the molecule is O=P(O)(O)O.O[Si](O)(O)O.[MgH2].[SrH2]. The molecule has 12 heavy (non-hydrogen) atoms. The fourth-order valence-electron chi connectivity index (χ4n) is 0. The molecule has 0 aromatic heterocycles. The van der Waals surface area contributed by atoms with Crippen LogP contribution in [0.3, 0.4) is 0 Å². The quantitative estimate of drug-likeness (QED) is 0.172. The van der Waals surface area contributed by atoms with E-state index in [2.05, 4.69) is 0 Å². The van der Waals surface area contributed by atoms with Crippen LogP contribution >= 0.6 is 7.82 Å². The molecule has 0 unspecified atom stereocenters. The van der Waals surface area contributed by atoms with E-state index in [-0.39, 0.29) is 68.5 Å². The molecule has 0 saturated heterocycles. The summed E-state index contributed by atoms with van der Waals surface area (Å²) in [7, 11) is -9.25. The van der Waals surface area contributed by atoms with Gasteiger partial charge in [0.1, 0.15) is 0 Å². The molecular weight excluding hydrogens is 299 g/mol. The summed E-state index contributed by atoms with van der Waals surface area (Å²) < 4.78 is 8.88. The summed E-state index contributed by atoms with van der Waals surface area (Å²) in [5.74, 6) is 0. The van der Waals surface area contributed by atoms with Crippen LogP contribution in [-0.2, 0) is 4.57 Å². The molecule has 0 spiro atoms. The fraction of sp³-hybridized carbons (Fsp3) is 0. The van der Waals surface area contributed by atoms with E-state index in [0.29, 0.717) is 0 Å². The Labute approximate surface area is 122 Å². The number of rotatable bonds is 0. The molecule has 0 bridgehead atoms. The van der Waals surface area contributed by atoms with Gasteiger partial charge >= 0.3 is 85.4 Å². The van der Waals surface area contributed by atoms with Crippen molar-refractivity contribution in [2.75, 3.05) is 0 Å². The van der Waals surface area contributed by atoms with E-state index in [1.54, 1.807) is 0 Å². The molecule has 0 heterocycles. The summed E-state index contributed by atoms with van der Waals surface area (Å²) >= 11 is 0. The molecule has 0 fully saturated rings. The van der Waals surface area contributed by atoms with E-state index in [9.17, 15) is 0 Å². The van der Waals surface area contributed by atoms with Gasteiger partial charge in [-0.15, -0.1) is 0 Å². The molecule has 7 N–H and O–H groups in total. The van der Waals surface area contributed by atoms with Gasteiger partial charge in [-0.1, -0.05) is 0 Å². The molecule has 0 rings (SSSR count). The molecule has 0 radical (unpaired) electrons. The molecule has 0 aliphatic heterocycles. The Hall–Kier alpha value is 2.41. The van der Waals surface area contributed by atoms with Crippen LogP contribution in [0.2, 0.25) is 0 Å². The summed E-state index contributed by atoms with van der Waals surface area (Å²) in [6.45, 7) is 0. The molecule has 8 nitrogen and oxygen atoms in total. The fourth-order valence-corrected chi connectivity index (χ4v) is 0. The van der Waals surface area contributed by atoms with Crippen LogP contribution in [0, 0.1) is 0 Å². The van der Waals surface area contributed by atoms with Crippen molar-refractivity contribution in [2.24, 2.45) is 0 Å². The maximum atomic E-state index is 8.88. The Morgan fingerprint density at radius 2 is 0.917 bits per heavy atom. The Morgan fingerprint density at radius 3 is 0.917 bits per heavy atom. The second-order valence-electron chi connectivity index (χ2n) is 1.11. The summed E-state index contributed by atoms with van der Waals surface area (Å²) in [4.78, 5) is 50.9. The van der Waals surface area contributed by atoms with E-state index >= 15 is 0 Å². The molecule has 72 valence electrons. The number of hydrogen-bond acceptors (Lipinski definition) is 5. The van der Waals surface area contributed by atoms with Crippen LogP contribution in [0.4, 0.5) is 0 Å². The monoisotopic (exact) mass is 310 g/mol. The minimum atomic E-state index is -4.64. The average molecular weight is 310 g/mol. The van der Waals surface area contributed by atoms with Gasteiger partial charge in [0.15, 0.2) is 0 Å². The number of hydrogen-bond donors (Lipinski definition) is 7. The average Bonchev–Trinajstić information content (AvgIpc) is 1.12. The van der Waals surface area contributed by atoms with Crippen molar-refractivity contribution in [3.63, 3.8) is 0 Å². The van der Waals surface area contributed by atoms with Crippen LogP contribution in [0.5, 0.6) is 0 Å². The van der Waals surface area contributed by atoms with Gasteiger partial charge < -0.3 is 33.9 Å². The summed E-state index contributed by atoms with van der Waals surface area (Å²) in [6.07, 6.45) is 0. The third-order valence-corrected chi connectivity index (χ3v) is 0. The molecule has 0 aliphatic rings. The Bertz CT molecular complexity index is 111. The molecule has 12 heteroatoms. The second kappa shape index (κ2) is 9.95. The maximum absolute atomic E-state index is 8.88. The first kappa shape index (κ1) is 23.9. The van der Waals surface area contributed by atoms with E-state index in [0.717, 1.165) is 0 Å². The molecule has 0 saturated carbocycles. The van der Waals surface area contributed by atoms with Crippen molar-refractivity contribution in [3.8, 4) is 0 Å². The topological polar surface area (TPSA) is 159 Å². The van der Waals surface area contributed by atoms with Crippen molar-refractivity contribution < 1.29 is 38.4 Å². The molecule has 0 aliphatic carbocycles. The van der Waals surface area contributed by atoms with Gasteiger partial charge in [0, 0.05) is 0 Å². The molecule has 0 atom stereocenters. The van der Waals surface area contributed by atoms with E-state index in [1.807, 2.05) is 0 Å². The molecule has 0 aromatic carbocycles. The van der Waals surface area contributed by atoms with Gasteiger partial charge in [-0.2, -0.15) is 0 Å². The first-order valence-electron chi connectivity index (χ1n) is 1.68. The zero-order chi connectivity index (χ0) is 9.00. The van der Waals surface area contributed by atoms with Crippen molar-refractivity contribution in [2.45, 2.75) is 0 Å². The first-order chi connectivity index (χ1) is 4.00. The van der Waals surface area contributed by atoms with Crippen LogP contribution in [0.15, 0.2) is 0 Å². The standard InChI is InChI=1S/Mg.H3O4P.H4O4Si.Sr.4H/c;2*1-5(2,3)4;;;;;/h;(H3,1,2,3,4);1-4H;;;;;. The van der Waals surface area contributed by atoms with Crippen molar-refractivity contribution in [1.29, 1.82) is 0 Å². The van der Waals surface area contributed by atoms with Gasteiger partial charge in [0.05, 0.1) is 0 Å². The summed E-state index contributed by atoms with van der Waals surface area (Å²) in [5.41, 5.74) is 0. The normalized spacial score (nSPS) is 9.92. The first-order valence-corrected chi connectivity index (χ1v) is 5.03. The zero-order valence-electron chi connectivity index (χ0n) is 4.49. The predicted molar refractivity (Wildman–Crippen MR) is 46.0 cm³/mol. The molecular formula is H11MgO8PSiSr. The van der Waals surface area contributed by atoms with Gasteiger partial charge in [-0.05, 0) is 0 Å². The summed E-state index contributed by atoms with van der Waals surface area (Å²) in [5, 5.41) is 0. The summed E-state index contributed by atoms with van der Waals surface area (Å²) in [6, 6.07) is 0. The number of phosphoric acid groups is 1. The minimum absolute atomic E-state index is 0. The van der Waals surface area contributed by atoms with Gasteiger partial charge in [-0.25, -0.2) is 4.57 Å².